The Labute approximate surface area is 177 Å². The zero-order chi connectivity index (χ0) is 20.8. The lowest BCUT2D eigenvalue weighted by Crippen LogP contribution is -2.43. The molecule has 0 radical (unpaired) electrons. The van der Waals surface area contributed by atoms with Gasteiger partial charge in [-0.3, -0.25) is 0 Å². The van der Waals surface area contributed by atoms with Crippen molar-refractivity contribution >= 4 is 23.1 Å². The fourth-order valence-electron chi connectivity index (χ4n) is 3.70. The van der Waals surface area contributed by atoms with Crippen molar-refractivity contribution in [2.45, 2.75) is 27.2 Å². The van der Waals surface area contributed by atoms with Gasteiger partial charge < -0.3 is 4.90 Å². The molecule has 0 aliphatic rings. The maximum Gasteiger partial charge on any atom is 0.241 e. The third kappa shape index (κ3) is 5.71. The van der Waals surface area contributed by atoms with Gasteiger partial charge in [0.25, 0.3) is 0 Å². The van der Waals surface area contributed by atoms with E-state index < -0.39 is 0 Å². The van der Waals surface area contributed by atoms with Crippen LogP contribution in [0.2, 0.25) is 0 Å². The number of aryl methyl sites for hydroxylation is 3. The second-order valence-electron chi connectivity index (χ2n) is 8.37. The summed E-state index contributed by atoms with van der Waals surface area (Å²) < 4.78 is 0. The van der Waals surface area contributed by atoms with Crippen LogP contribution in [-0.4, -0.2) is 32.3 Å². The quantitative estimate of drug-likeness (QED) is 0.532. The van der Waals surface area contributed by atoms with Gasteiger partial charge in [-0.15, -0.1) is 0 Å². The molecule has 0 aliphatic carbocycles. The molecule has 0 atom stereocenters. The maximum absolute atomic E-state index is 2.44. The number of rotatable bonds is 7. The van der Waals surface area contributed by atoms with Gasteiger partial charge in [0.1, 0.15) is 0 Å². The Kier molecular flexibility index (Phi) is 7.11. The minimum Gasteiger partial charge on any atom is -0.309 e. The first-order valence-electron chi connectivity index (χ1n) is 10.5. The Morgan fingerprint density at radius 3 is 1.52 bits per heavy atom. The second kappa shape index (κ2) is 9.76. The molecule has 0 saturated heterocycles. The monoisotopic (exact) mass is 381 g/mol. The smallest absolute Gasteiger partial charge is 0.241 e. The van der Waals surface area contributed by atoms with E-state index in [2.05, 4.69) is 119 Å². The summed E-state index contributed by atoms with van der Waals surface area (Å²) in [6, 6.07) is 27.0. The van der Waals surface area contributed by atoms with E-state index in [1.54, 1.807) is 0 Å². The maximum atomic E-state index is 2.44. The third-order valence-corrected chi connectivity index (χ3v) is 5.46. The lowest BCUT2D eigenvalue weighted by Gasteiger charge is -2.21. The Morgan fingerprint density at radius 1 is 0.690 bits per heavy atom. The van der Waals surface area contributed by atoms with Gasteiger partial charge in [0.05, 0.1) is 0 Å². The van der Waals surface area contributed by atoms with Crippen LogP contribution < -0.4 is 10.9 Å². The summed E-state index contributed by atoms with van der Waals surface area (Å²) >= 11 is 0. The van der Waals surface area contributed by atoms with Crippen LogP contribution in [-0.2, 0) is 0 Å². The lowest BCUT2D eigenvalue weighted by atomic mass is 9.35. The van der Waals surface area contributed by atoms with Crippen molar-refractivity contribution in [1.29, 1.82) is 0 Å². The molecule has 0 spiro atoms. The Bertz CT molecular complexity index is 890. The van der Waals surface area contributed by atoms with Crippen molar-refractivity contribution < 1.29 is 0 Å². The van der Waals surface area contributed by atoms with Crippen LogP contribution in [0.5, 0.6) is 0 Å². The molecule has 0 amide bonds. The number of hydrogen-bond acceptors (Lipinski definition) is 1. The van der Waals surface area contributed by atoms with Gasteiger partial charge in [-0.1, -0.05) is 112 Å². The molecule has 2 heteroatoms. The molecule has 0 aliphatic heterocycles. The highest BCUT2D eigenvalue weighted by molar-refractivity contribution is 6.99. The summed E-state index contributed by atoms with van der Waals surface area (Å²) in [4.78, 5) is 2.25. The molecule has 0 aromatic heterocycles. The van der Waals surface area contributed by atoms with Crippen LogP contribution in [0.4, 0.5) is 0 Å². The molecule has 0 saturated carbocycles. The van der Waals surface area contributed by atoms with Crippen LogP contribution in [0.25, 0.3) is 5.47 Å². The molecular formula is C27H32BN. The van der Waals surface area contributed by atoms with E-state index in [4.69, 9.17) is 0 Å². The summed E-state index contributed by atoms with van der Waals surface area (Å²) in [6.45, 7) is 7.72. The van der Waals surface area contributed by atoms with E-state index in [1.807, 2.05) is 0 Å². The molecule has 29 heavy (non-hydrogen) atoms. The SMILES string of the molecule is Cc1ccc(B(/C(=C\CCN(C)C)c2ccc(C)cc2)c2ccc(C)cc2)cc1. The highest BCUT2D eigenvalue weighted by Crippen LogP contribution is 2.20. The highest BCUT2D eigenvalue weighted by atomic mass is 15.0. The molecule has 148 valence electrons. The Balaban J connectivity index is 2.13. The Morgan fingerprint density at radius 2 is 1.10 bits per heavy atom. The van der Waals surface area contributed by atoms with Crippen molar-refractivity contribution in [1.82, 2.24) is 4.90 Å². The van der Waals surface area contributed by atoms with Crippen molar-refractivity contribution in [2.75, 3.05) is 20.6 Å². The molecule has 0 unspecified atom stereocenters. The van der Waals surface area contributed by atoms with Crippen LogP contribution in [0.3, 0.4) is 0 Å². The molecule has 3 aromatic carbocycles. The molecule has 3 rings (SSSR count). The van der Waals surface area contributed by atoms with Crippen molar-refractivity contribution in [3.63, 3.8) is 0 Å². The van der Waals surface area contributed by atoms with Gasteiger partial charge in [0, 0.05) is 6.54 Å². The van der Waals surface area contributed by atoms with E-state index in [-0.39, 0.29) is 6.71 Å². The van der Waals surface area contributed by atoms with Crippen molar-refractivity contribution in [2.24, 2.45) is 0 Å². The number of benzene rings is 3. The van der Waals surface area contributed by atoms with Crippen molar-refractivity contribution in [3.05, 3.63) is 101 Å². The first-order valence-corrected chi connectivity index (χ1v) is 10.5. The topological polar surface area (TPSA) is 3.24 Å². The fourth-order valence-corrected chi connectivity index (χ4v) is 3.70. The molecule has 3 aromatic rings. The van der Waals surface area contributed by atoms with Crippen LogP contribution >= 0.6 is 0 Å². The predicted octanol–water partition coefficient (Wildman–Crippen LogP) is 4.80. The standard InChI is InChI=1S/C27H32BN/c1-21-8-14-24(15-9-21)27(7-6-20-29(4)5)28(25-16-10-22(2)11-17-25)26-18-12-23(3)13-19-26/h7-19H,6,20H2,1-5H3/b27-7-. The summed E-state index contributed by atoms with van der Waals surface area (Å²) in [5.41, 5.74) is 9.27. The van der Waals surface area contributed by atoms with Gasteiger partial charge in [0.2, 0.25) is 6.71 Å². The minimum absolute atomic E-state index is 0.223. The summed E-state index contributed by atoms with van der Waals surface area (Å²) in [7, 11) is 4.27. The third-order valence-electron chi connectivity index (χ3n) is 5.46. The zero-order valence-corrected chi connectivity index (χ0v) is 18.4. The zero-order valence-electron chi connectivity index (χ0n) is 18.4. The lowest BCUT2D eigenvalue weighted by molar-refractivity contribution is 0.417. The van der Waals surface area contributed by atoms with Crippen molar-refractivity contribution in [3.8, 4) is 0 Å². The molecule has 0 fully saturated rings. The first kappa shape index (κ1) is 21.1. The van der Waals surface area contributed by atoms with E-state index in [0.29, 0.717) is 0 Å². The first-order chi connectivity index (χ1) is 13.9. The highest BCUT2D eigenvalue weighted by Gasteiger charge is 2.25. The van der Waals surface area contributed by atoms with Crippen LogP contribution in [0.15, 0.2) is 78.9 Å². The Hall–Kier alpha value is -2.58. The average molecular weight is 381 g/mol. The molecular weight excluding hydrogens is 349 g/mol. The van der Waals surface area contributed by atoms with Gasteiger partial charge in [0.15, 0.2) is 0 Å². The summed E-state index contributed by atoms with van der Waals surface area (Å²) in [6.07, 6.45) is 3.47. The second-order valence-corrected chi connectivity index (χ2v) is 8.37. The number of nitrogens with zero attached hydrogens (tertiary/aromatic N) is 1. The minimum atomic E-state index is 0.223. The van der Waals surface area contributed by atoms with E-state index in [9.17, 15) is 0 Å². The predicted molar refractivity (Wildman–Crippen MR) is 130 cm³/mol. The normalized spacial score (nSPS) is 11.7. The van der Waals surface area contributed by atoms with E-state index in [1.165, 1.54) is 38.7 Å². The molecule has 0 heterocycles. The summed E-state index contributed by atoms with van der Waals surface area (Å²) in [5.74, 6) is 0. The van der Waals surface area contributed by atoms with Gasteiger partial charge in [-0.25, -0.2) is 0 Å². The van der Waals surface area contributed by atoms with Crippen LogP contribution in [0, 0.1) is 20.8 Å². The van der Waals surface area contributed by atoms with E-state index >= 15 is 0 Å². The average Bonchev–Trinajstić information content (AvgIpc) is 2.70. The van der Waals surface area contributed by atoms with Gasteiger partial charge in [-0.05, 0) is 46.9 Å². The largest absolute Gasteiger partial charge is 0.309 e. The molecule has 0 bridgehead atoms. The molecule has 0 N–H and O–H groups in total. The van der Waals surface area contributed by atoms with Gasteiger partial charge >= 0.3 is 0 Å². The summed E-state index contributed by atoms with van der Waals surface area (Å²) in [5, 5.41) is 0. The van der Waals surface area contributed by atoms with E-state index in [0.717, 1.165) is 13.0 Å². The number of hydrogen-bond donors (Lipinski definition) is 0. The molecule has 1 nitrogen and oxygen atoms in total. The van der Waals surface area contributed by atoms with Gasteiger partial charge in [-0.2, -0.15) is 0 Å². The fraction of sp³-hybridized carbons (Fsp3) is 0.259. The van der Waals surface area contributed by atoms with Crippen LogP contribution in [0.1, 0.15) is 28.7 Å².